The molecule has 0 spiro atoms. The zero-order chi connectivity index (χ0) is 27.5. The summed E-state index contributed by atoms with van der Waals surface area (Å²) in [7, 11) is 0. The van der Waals surface area contributed by atoms with E-state index in [1.807, 2.05) is 6.92 Å². The van der Waals surface area contributed by atoms with E-state index >= 15 is 0 Å². The molecule has 0 radical (unpaired) electrons. The van der Waals surface area contributed by atoms with E-state index in [0.29, 0.717) is 16.7 Å². The summed E-state index contributed by atoms with van der Waals surface area (Å²) < 4.78 is 0. The largest absolute Gasteiger partial charge is 0.369 e. The van der Waals surface area contributed by atoms with Gasteiger partial charge in [-0.25, -0.2) is 0 Å². The number of fused-ring (bicyclic) bond motifs is 7. The lowest BCUT2D eigenvalue weighted by molar-refractivity contribution is -0.180. The normalized spacial score (nSPS) is 42.7. The van der Waals surface area contributed by atoms with E-state index in [9.17, 15) is 4.79 Å². The fraction of sp³-hybridized carbons (Fsp3) is 0.694. The third-order valence-electron chi connectivity index (χ3n) is 12.9. The minimum absolute atomic E-state index is 0.0178. The predicted molar refractivity (Wildman–Crippen MR) is 160 cm³/mol. The molecular weight excluding hydrogens is 462 g/mol. The number of benzene rings is 1. The molecule has 4 fully saturated rings. The van der Waals surface area contributed by atoms with Crippen LogP contribution in [0.4, 0.5) is 0 Å². The lowest BCUT2D eigenvalue weighted by Crippen LogP contribution is -2.61. The maximum atomic E-state index is 12.7. The van der Waals surface area contributed by atoms with Crippen molar-refractivity contribution in [3.8, 4) is 0 Å². The molecule has 5 aliphatic rings. The molecule has 0 aromatic heterocycles. The van der Waals surface area contributed by atoms with Crippen molar-refractivity contribution >= 4 is 11.5 Å². The summed E-state index contributed by atoms with van der Waals surface area (Å²) in [6, 6.07) is 9.24. The Morgan fingerprint density at radius 2 is 1.58 bits per heavy atom. The van der Waals surface area contributed by atoms with E-state index in [4.69, 9.17) is 5.73 Å². The number of allylic oxidation sites excluding steroid dienone is 3. The minimum atomic E-state index is -0.177. The van der Waals surface area contributed by atoms with Crippen LogP contribution in [0.25, 0.3) is 5.57 Å². The summed E-state index contributed by atoms with van der Waals surface area (Å²) in [6.07, 6.45) is 16.8. The quantitative estimate of drug-likeness (QED) is 0.392. The molecule has 2 N–H and O–H groups in total. The van der Waals surface area contributed by atoms with Gasteiger partial charge in [0, 0.05) is 0 Å². The third kappa shape index (κ3) is 3.90. The highest BCUT2D eigenvalue weighted by Gasteiger charge is 2.66. The monoisotopic (exact) mass is 515 g/mol. The van der Waals surface area contributed by atoms with Crippen LogP contribution in [0.5, 0.6) is 0 Å². The first-order valence-corrected chi connectivity index (χ1v) is 15.6. The second-order valence-electron chi connectivity index (χ2n) is 14.9. The number of hydrogen-bond donors (Lipinski definition) is 1. The van der Waals surface area contributed by atoms with Gasteiger partial charge in [0.25, 0.3) is 0 Å². The first-order chi connectivity index (χ1) is 18.0. The molecule has 6 rings (SSSR count). The van der Waals surface area contributed by atoms with Gasteiger partial charge in [-0.1, -0.05) is 76.1 Å². The second kappa shape index (κ2) is 9.67. The molecule has 4 saturated carbocycles. The first-order valence-electron chi connectivity index (χ1n) is 15.6. The molecule has 0 saturated heterocycles. The van der Waals surface area contributed by atoms with Crippen molar-refractivity contribution in [3.63, 3.8) is 0 Å². The zero-order valence-corrected chi connectivity index (χ0v) is 25.1. The van der Waals surface area contributed by atoms with Crippen LogP contribution < -0.4 is 5.73 Å². The van der Waals surface area contributed by atoms with Crippen molar-refractivity contribution in [1.29, 1.82) is 0 Å². The van der Waals surface area contributed by atoms with Crippen LogP contribution in [0.3, 0.4) is 0 Å². The molecule has 1 aromatic carbocycles. The van der Waals surface area contributed by atoms with Gasteiger partial charge in [-0.05, 0) is 129 Å². The highest BCUT2D eigenvalue weighted by molar-refractivity contribution is 5.81. The molecule has 208 valence electrons. The SMILES string of the molecule is C=CC.Cc1ccc(C2=CCC3(C)C(CCC4(C)C5CCC6(C(N)=O)CCCC6C5CCC43)C2(C)C)cc1. The Kier molecular flexibility index (Phi) is 7.05. The van der Waals surface area contributed by atoms with E-state index in [1.54, 1.807) is 11.6 Å². The van der Waals surface area contributed by atoms with Gasteiger partial charge >= 0.3 is 0 Å². The molecule has 8 atom stereocenters. The van der Waals surface area contributed by atoms with Crippen molar-refractivity contribution in [1.82, 2.24) is 0 Å². The smallest absolute Gasteiger partial charge is 0.223 e. The fourth-order valence-electron chi connectivity index (χ4n) is 11.5. The summed E-state index contributed by atoms with van der Waals surface area (Å²) in [5, 5.41) is 0. The fourth-order valence-corrected chi connectivity index (χ4v) is 11.5. The first kappa shape index (κ1) is 27.7. The number of nitrogens with two attached hydrogens (primary N) is 1. The van der Waals surface area contributed by atoms with Gasteiger partial charge in [0.15, 0.2) is 0 Å². The Balaban J connectivity index is 0.000000937. The molecule has 38 heavy (non-hydrogen) atoms. The zero-order valence-electron chi connectivity index (χ0n) is 25.1. The Hall–Kier alpha value is -1.83. The average molecular weight is 516 g/mol. The van der Waals surface area contributed by atoms with Crippen LogP contribution in [-0.4, -0.2) is 5.91 Å². The van der Waals surface area contributed by atoms with Crippen LogP contribution >= 0.6 is 0 Å². The number of rotatable bonds is 2. The topological polar surface area (TPSA) is 43.1 Å². The molecule has 2 heteroatoms. The van der Waals surface area contributed by atoms with Crippen LogP contribution in [0.2, 0.25) is 0 Å². The van der Waals surface area contributed by atoms with Crippen molar-refractivity contribution in [3.05, 3.63) is 54.1 Å². The molecule has 2 nitrogen and oxygen atoms in total. The molecule has 0 aliphatic heterocycles. The Labute approximate surface area is 232 Å². The highest BCUT2D eigenvalue weighted by atomic mass is 16.1. The molecule has 8 unspecified atom stereocenters. The van der Waals surface area contributed by atoms with Crippen molar-refractivity contribution in [2.75, 3.05) is 0 Å². The second-order valence-corrected chi connectivity index (χ2v) is 14.9. The molecule has 1 amide bonds. The molecule has 0 bridgehead atoms. The number of carbonyl (C=O) groups excluding carboxylic acids is 1. The molecule has 5 aliphatic carbocycles. The van der Waals surface area contributed by atoms with Gasteiger partial charge in [-0.15, -0.1) is 6.58 Å². The Morgan fingerprint density at radius 3 is 2.24 bits per heavy atom. The number of amides is 1. The lowest BCUT2D eigenvalue weighted by Gasteiger charge is -2.68. The van der Waals surface area contributed by atoms with Gasteiger partial charge in [0.1, 0.15) is 0 Å². The van der Waals surface area contributed by atoms with Gasteiger partial charge in [0.05, 0.1) is 5.41 Å². The average Bonchev–Trinajstić information content (AvgIpc) is 3.31. The van der Waals surface area contributed by atoms with Crippen LogP contribution in [0, 0.1) is 58.2 Å². The molecule has 0 heterocycles. The summed E-state index contributed by atoms with van der Waals surface area (Å²) in [6.45, 7) is 17.8. The Bertz CT molecular complexity index is 1100. The van der Waals surface area contributed by atoms with Crippen molar-refractivity contribution in [2.45, 2.75) is 106 Å². The van der Waals surface area contributed by atoms with E-state index in [2.05, 4.69) is 71.5 Å². The predicted octanol–water partition coefficient (Wildman–Crippen LogP) is 9.13. The summed E-state index contributed by atoms with van der Waals surface area (Å²) in [4.78, 5) is 12.7. The summed E-state index contributed by atoms with van der Waals surface area (Å²) >= 11 is 0. The van der Waals surface area contributed by atoms with Crippen LogP contribution in [-0.2, 0) is 4.79 Å². The number of hydrogen-bond acceptors (Lipinski definition) is 1. The van der Waals surface area contributed by atoms with Gasteiger partial charge in [-0.3, -0.25) is 4.79 Å². The maximum absolute atomic E-state index is 12.7. The van der Waals surface area contributed by atoms with Crippen molar-refractivity contribution < 1.29 is 4.79 Å². The Morgan fingerprint density at radius 1 is 0.895 bits per heavy atom. The molecule has 1 aromatic rings. The van der Waals surface area contributed by atoms with Crippen LogP contribution in [0.15, 0.2) is 43.0 Å². The standard InChI is InChI=1S/C33H47NO.C3H6/c1-21-8-10-22(11-9-21)24-14-18-32(5)27(30(24,2)3)16-19-31(4)25-15-20-33(29(34)35)17-6-7-26(33)23(25)12-13-28(31)32;1-3-2/h8-11,14,23,25-28H,6-7,12-13,15-20H2,1-5H3,(H2,34,35);3H,1H2,2H3. The van der Waals surface area contributed by atoms with E-state index in [0.717, 1.165) is 36.5 Å². The summed E-state index contributed by atoms with van der Waals surface area (Å²) in [5.74, 6) is 3.58. The van der Waals surface area contributed by atoms with Gasteiger partial charge < -0.3 is 5.73 Å². The summed E-state index contributed by atoms with van der Waals surface area (Å²) in [5.41, 5.74) is 11.2. The van der Waals surface area contributed by atoms with Gasteiger partial charge in [-0.2, -0.15) is 0 Å². The van der Waals surface area contributed by atoms with E-state index in [1.165, 1.54) is 62.5 Å². The van der Waals surface area contributed by atoms with E-state index < -0.39 is 0 Å². The number of primary amides is 1. The van der Waals surface area contributed by atoms with Crippen LogP contribution in [0.1, 0.15) is 110 Å². The maximum Gasteiger partial charge on any atom is 0.223 e. The minimum Gasteiger partial charge on any atom is -0.369 e. The third-order valence-corrected chi connectivity index (χ3v) is 12.9. The number of carbonyl (C=O) groups is 1. The van der Waals surface area contributed by atoms with Gasteiger partial charge in [0.2, 0.25) is 5.91 Å². The van der Waals surface area contributed by atoms with Crippen molar-refractivity contribution in [2.24, 2.45) is 57.0 Å². The number of aryl methyl sites for hydroxylation is 1. The molecular formula is C36H53NO. The lowest BCUT2D eigenvalue weighted by atomic mass is 9.36. The highest BCUT2D eigenvalue weighted by Crippen LogP contribution is 2.73. The van der Waals surface area contributed by atoms with E-state index in [-0.39, 0.29) is 16.7 Å².